The predicted octanol–water partition coefficient (Wildman–Crippen LogP) is 4.19. The molecule has 0 atom stereocenters. The van der Waals surface area contributed by atoms with Crippen molar-refractivity contribution in [1.29, 1.82) is 0 Å². The van der Waals surface area contributed by atoms with Crippen molar-refractivity contribution in [3.8, 4) is 17.2 Å². The number of halogens is 1. The molecule has 2 rings (SSSR count). The third kappa shape index (κ3) is 3.76. The van der Waals surface area contributed by atoms with E-state index in [9.17, 15) is 4.79 Å². The van der Waals surface area contributed by atoms with E-state index in [1.807, 2.05) is 31.2 Å². The fraction of sp³-hybridized carbons (Fsp3) is 0.188. The van der Waals surface area contributed by atoms with Crippen molar-refractivity contribution < 1.29 is 19.4 Å². The molecule has 0 saturated carbocycles. The Balaban J connectivity index is 2.37. The quantitative estimate of drug-likeness (QED) is 0.878. The monoisotopic (exact) mass is 350 g/mol. The average molecular weight is 351 g/mol. The van der Waals surface area contributed by atoms with Crippen LogP contribution in [0.25, 0.3) is 0 Å². The van der Waals surface area contributed by atoms with Crippen LogP contribution in [-0.2, 0) is 11.2 Å². The summed E-state index contributed by atoms with van der Waals surface area (Å²) in [5.41, 5.74) is 1.48. The Labute approximate surface area is 131 Å². The van der Waals surface area contributed by atoms with Gasteiger partial charge >= 0.3 is 5.97 Å². The van der Waals surface area contributed by atoms with Crippen LogP contribution in [0.15, 0.2) is 40.9 Å². The predicted molar refractivity (Wildman–Crippen MR) is 83.3 cm³/mol. The lowest BCUT2D eigenvalue weighted by Crippen LogP contribution is -2.02. The van der Waals surface area contributed by atoms with E-state index in [4.69, 9.17) is 14.6 Å². The van der Waals surface area contributed by atoms with E-state index in [0.717, 1.165) is 15.8 Å². The molecule has 4 nitrogen and oxygen atoms in total. The van der Waals surface area contributed by atoms with Crippen LogP contribution in [0.3, 0.4) is 0 Å². The molecule has 0 aliphatic rings. The molecule has 0 unspecified atom stereocenters. The number of ether oxygens (including phenoxy) is 2. The number of hydrogen-bond acceptors (Lipinski definition) is 3. The highest BCUT2D eigenvalue weighted by atomic mass is 79.9. The molecular weight excluding hydrogens is 336 g/mol. The first-order valence-corrected chi connectivity index (χ1v) is 7.12. The number of methoxy groups -OCH3 is 1. The minimum atomic E-state index is -0.902. The minimum absolute atomic E-state index is 0.0994. The summed E-state index contributed by atoms with van der Waals surface area (Å²) >= 11 is 3.34. The molecule has 0 amide bonds. The molecule has 2 aromatic carbocycles. The summed E-state index contributed by atoms with van der Waals surface area (Å²) in [6, 6.07) is 10.8. The van der Waals surface area contributed by atoms with Gasteiger partial charge in [0, 0.05) is 15.6 Å². The molecule has 0 fully saturated rings. The second-order valence-corrected chi connectivity index (χ2v) is 5.42. The van der Waals surface area contributed by atoms with Crippen molar-refractivity contribution >= 4 is 21.9 Å². The highest BCUT2D eigenvalue weighted by Gasteiger charge is 2.12. The molecule has 5 heteroatoms. The molecule has 0 bridgehead atoms. The molecule has 21 heavy (non-hydrogen) atoms. The second kappa shape index (κ2) is 6.63. The number of carbonyl (C=O) groups is 1. The van der Waals surface area contributed by atoms with E-state index in [0.29, 0.717) is 17.1 Å². The van der Waals surface area contributed by atoms with Crippen LogP contribution < -0.4 is 9.47 Å². The molecule has 0 radical (unpaired) electrons. The number of carboxylic acids is 1. The molecular formula is C16H15BrO4. The van der Waals surface area contributed by atoms with Crippen molar-refractivity contribution in [2.75, 3.05) is 7.11 Å². The van der Waals surface area contributed by atoms with Gasteiger partial charge in [-0.1, -0.05) is 22.0 Å². The van der Waals surface area contributed by atoms with Gasteiger partial charge in [-0.3, -0.25) is 4.79 Å². The van der Waals surface area contributed by atoms with Gasteiger partial charge in [0.05, 0.1) is 13.5 Å². The largest absolute Gasteiger partial charge is 0.496 e. The number of aliphatic carboxylic acids is 1. The molecule has 2 aromatic rings. The van der Waals surface area contributed by atoms with Crippen LogP contribution in [0.5, 0.6) is 17.2 Å². The fourth-order valence-corrected chi connectivity index (χ4v) is 2.40. The van der Waals surface area contributed by atoms with Gasteiger partial charge in [-0.15, -0.1) is 0 Å². The Kier molecular flexibility index (Phi) is 4.85. The number of hydrogen-bond donors (Lipinski definition) is 1. The Bertz CT molecular complexity index is 667. The van der Waals surface area contributed by atoms with Gasteiger partial charge in [0.15, 0.2) is 0 Å². The number of rotatable bonds is 5. The third-order valence-corrected chi connectivity index (χ3v) is 3.53. The van der Waals surface area contributed by atoms with Gasteiger partial charge in [-0.05, 0) is 37.3 Å². The molecule has 110 valence electrons. The summed E-state index contributed by atoms with van der Waals surface area (Å²) in [5, 5.41) is 8.99. The lowest BCUT2D eigenvalue weighted by Gasteiger charge is -2.14. The van der Waals surface area contributed by atoms with E-state index >= 15 is 0 Å². The normalized spacial score (nSPS) is 10.2. The van der Waals surface area contributed by atoms with Gasteiger partial charge in [-0.25, -0.2) is 0 Å². The summed E-state index contributed by atoms with van der Waals surface area (Å²) in [4.78, 5) is 11.0. The minimum Gasteiger partial charge on any atom is -0.496 e. The van der Waals surface area contributed by atoms with Crippen LogP contribution in [0.4, 0.5) is 0 Å². The van der Waals surface area contributed by atoms with Crippen molar-refractivity contribution in [3.05, 3.63) is 52.0 Å². The fourth-order valence-electron chi connectivity index (χ4n) is 1.99. The number of benzene rings is 2. The van der Waals surface area contributed by atoms with E-state index in [1.54, 1.807) is 19.2 Å². The summed E-state index contributed by atoms with van der Waals surface area (Å²) in [6.07, 6.45) is -0.0994. The highest BCUT2D eigenvalue weighted by molar-refractivity contribution is 9.10. The zero-order valence-corrected chi connectivity index (χ0v) is 13.3. The van der Waals surface area contributed by atoms with Gasteiger partial charge in [-0.2, -0.15) is 0 Å². The van der Waals surface area contributed by atoms with Crippen molar-refractivity contribution in [3.63, 3.8) is 0 Å². The summed E-state index contributed by atoms with van der Waals surface area (Å²) in [5.74, 6) is 0.991. The van der Waals surface area contributed by atoms with Gasteiger partial charge < -0.3 is 14.6 Å². The van der Waals surface area contributed by atoms with Crippen molar-refractivity contribution in [2.24, 2.45) is 0 Å². The maximum atomic E-state index is 11.0. The van der Waals surface area contributed by atoms with Crippen molar-refractivity contribution in [2.45, 2.75) is 13.3 Å². The zero-order chi connectivity index (χ0) is 15.4. The first-order valence-electron chi connectivity index (χ1n) is 6.33. The highest BCUT2D eigenvalue weighted by Crippen LogP contribution is 2.33. The lowest BCUT2D eigenvalue weighted by atomic mass is 10.1. The third-order valence-electron chi connectivity index (χ3n) is 3.04. The maximum Gasteiger partial charge on any atom is 0.307 e. The number of carboxylic acid groups (broad SMARTS) is 1. The van der Waals surface area contributed by atoms with Crippen LogP contribution in [-0.4, -0.2) is 18.2 Å². The molecule has 0 aliphatic carbocycles. The topological polar surface area (TPSA) is 55.8 Å². The van der Waals surface area contributed by atoms with Gasteiger partial charge in [0.2, 0.25) is 0 Å². The van der Waals surface area contributed by atoms with Crippen LogP contribution >= 0.6 is 15.9 Å². The smallest absolute Gasteiger partial charge is 0.307 e. The Hall–Kier alpha value is -2.01. The zero-order valence-electron chi connectivity index (χ0n) is 11.7. The summed E-state index contributed by atoms with van der Waals surface area (Å²) < 4.78 is 11.9. The Morgan fingerprint density at radius 2 is 1.90 bits per heavy atom. The molecule has 0 heterocycles. The summed E-state index contributed by atoms with van der Waals surface area (Å²) in [7, 11) is 1.60. The summed E-state index contributed by atoms with van der Waals surface area (Å²) in [6.45, 7) is 1.89. The van der Waals surface area contributed by atoms with E-state index < -0.39 is 5.97 Å². The van der Waals surface area contributed by atoms with E-state index in [-0.39, 0.29) is 6.42 Å². The SMILES string of the molecule is COc1cccc(Oc2ccc(Br)cc2CC(=O)O)c1C. The van der Waals surface area contributed by atoms with E-state index in [1.165, 1.54) is 0 Å². The van der Waals surface area contributed by atoms with Gasteiger partial charge in [0.25, 0.3) is 0 Å². The molecule has 0 saturated heterocycles. The van der Waals surface area contributed by atoms with Crippen molar-refractivity contribution in [1.82, 2.24) is 0 Å². The second-order valence-electron chi connectivity index (χ2n) is 4.51. The molecule has 0 aliphatic heterocycles. The van der Waals surface area contributed by atoms with Crippen LogP contribution in [0.1, 0.15) is 11.1 Å². The first kappa shape index (κ1) is 15.4. The Morgan fingerprint density at radius 3 is 2.57 bits per heavy atom. The molecule has 1 N–H and O–H groups in total. The Morgan fingerprint density at radius 1 is 1.19 bits per heavy atom. The standard InChI is InChI=1S/C16H15BrO4/c1-10-13(20-2)4-3-5-14(10)21-15-7-6-12(17)8-11(15)9-16(18)19/h3-8H,9H2,1-2H3,(H,18,19). The molecule has 0 aromatic heterocycles. The first-order chi connectivity index (χ1) is 10.0. The van der Waals surface area contributed by atoms with Crippen LogP contribution in [0, 0.1) is 6.92 Å². The van der Waals surface area contributed by atoms with E-state index in [2.05, 4.69) is 15.9 Å². The maximum absolute atomic E-state index is 11.0. The average Bonchev–Trinajstić information content (AvgIpc) is 2.43. The van der Waals surface area contributed by atoms with Crippen LogP contribution in [0.2, 0.25) is 0 Å². The molecule has 0 spiro atoms. The lowest BCUT2D eigenvalue weighted by molar-refractivity contribution is -0.136. The van der Waals surface area contributed by atoms with Gasteiger partial charge in [0.1, 0.15) is 17.2 Å².